The molecule has 1 aromatic heterocycles. The highest BCUT2D eigenvalue weighted by atomic mass is 16.5. The summed E-state index contributed by atoms with van der Waals surface area (Å²) >= 11 is 0. The van der Waals surface area contributed by atoms with E-state index in [0.29, 0.717) is 28.9 Å². The van der Waals surface area contributed by atoms with Gasteiger partial charge >= 0.3 is 5.97 Å². The van der Waals surface area contributed by atoms with Crippen LogP contribution in [0.2, 0.25) is 0 Å². The summed E-state index contributed by atoms with van der Waals surface area (Å²) in [4.78, 5) is 27.2. The fraction of sp³-hybridized carbons (Fsp3) is 0.360. The first-order valence-corrected chi connectivity index (χ1v) is 11.0. The minimum atomic E-state index is -0.717. The molecule has 1 unspecified atom stereocenters. The zero-order valence-corrected chi connectivity index (χ0v) is 19.5. The number of amides is 1. The van der Waals surface area contributed by atoms with Crippen LogP contribution >= 0.6 is 0 Å². The lowest BCUT2D eigenvalue weighted by Crippen LogP contribution is -2.40. The molecule has 0 saturated carbocycles. The summed E-state index contributed by atoms with van der Waals surface area (Å²) in [5, 5.41) is 13.8. The topological polar surface area (TPSA) is 93.0 Å². The SMILES string of the molecule is CCN(CC)CC(O)CNC(=O)c1c(OC)c2c(OC(C)=O)cccc2n1-c1ccccc1. The second-order valence-electron chi connectivity index (χ2n) is 7.65. The van der Waals surface area contributed by atoms with Crippen molar-refractivity contribution in [3.8, 4) is 17.2 Å². The van der Waals surface area contributed by atoms with Gasteiger partial charge in [0.2, 0.25) is 0 Å². The molecule has 0 aliphatic carbocycles. The number of carbonyl (C=O) groups is 2. The van der Waals surface area contributed by atoms with Crippen LogP contribution in [0.1, 0.15) is 31.3 Å². The molecular formula is C25H31N3O5. The second kappa shape index (κ2) is 11.0. The highest BCUT2D eigenvalue weighted by Crippen LogP contribution is 2.41. The number of fused-ring (bicyclic) bond motifs is 1. The molecule has 0 spiro atoms. The van der Waals surface area contributed by atoms with E-state index < -0.39 is 18.0 Å². The van der Waals surface area contributed by atoms with Crippen molar-refractivity contribution in [2.75, 3.05) is 33.3 Å². The predicted octanol–water partition coefficient (Wildman–Crippen LogP) is 3.00. The molecule has 3 aromatic rings. The molecular weight excluding hydrogens is 422 g/mol. The zero-order chi connectivity index (χ0) is 24.0. The van der Waals surface area contributed by atoms with Gasteiger partial charge in [0.25, 0.3) is 5.91 Å². The second-order valence-corrected chi connectivity index (χ2v) is 7.65. The van der Waals surface area contributed by atoms with Crippen LogP contribution in [-0.4, -0.2) is 65.8 Å². The number of rotatable bonds is 10. The normalized spacial score (nSPS) is 12.1. The van der Waals surface area contributed by atoms with Crippen LogP contribution in [0.25, 0.3) is 16.6 Å². The predicted molar refractivity (Wildman–Crippen MR) is 127 cm³/mol. The van der Waals surface area contributed by atoms with E-state index in [-0.39, 0.29) is 12.2 Å². The minimum Gasteiger partial charge on any atom is -0.493 e. The van der Waals surface area contributed by atoms with Crippen LogP contribution < -0.4 is 14.8 Å². The quantitative estimate of drug-likeness (QED) is 0.362. The summed E-state index contributed by atoms with van der Waals surface area (Å²) in [6.07, 6.45) is -0.717. The summed E-state index contributed by atoms with van der Waals surface area (Å²) in [6, 6.07) is 14.7. The molecule has 8 nitrogen and oxygen atoms in total. The number of hydrogen-bond donors (Lipinski definition) is 2. The van der Waals surface area contributed by atoms with Gasteiger partial charge in [0.05, 0.1) is 24.1 Å². The van der Waals surface area contributed by atoms with E-state index in [4.69, 9.17) is 9.47 Å². The van der Waals surface area contributed by atoms with Crippen molar-refractivity contribution in [2.24, 2.45) is 0 Å². The molecule has 1 atom stereocenters. The lowest BCUT2D eigenvalue weighted by atomic mass is 10.2. The molecule has 8 heteroatoms. The maximum atomic E-state index is 13.4. The number of benzene rings is 2. The van der Waals surface area contributed by atoms with Crippen molar-refractivity contribution in [2.45, 2.75) is 26.9 Å². The molecule has 1 heterocycles. The number of methoxy groups -OCH3 is 1. The molecule has 0 bridgehead atoms. The zero-order valence-electron chi connectivity index (χ0n) is 19.5. The smallest absolute Gasteiger partial charge is 0.308 e. The standard InChI is InChI=1S/C25H31N3O5/c1-5-27(6-2)16-19(30)15-26-25(31)23-24(32-4)22-20(13-10-14-21(22)33-17(3)29)28(23)18-11-8-7-9-12-18/h7-14,19,30H,5-6,15-16H2,1-4H3,(H,26,31). The van der Waals surface area contributed by atoms with Gasteiger partial charge in [-0.15, -0.1) is 0 Å². The number of hydrogen-bond acceptors (Lipinski definition) is 6. The minimum absolute atomic E-state index is 0.0889. The van der Waals surface area contributed by atoms with Crippen molar-refractivity contribution in [1.29, 1.82) is 0 Å². The first kappa shape index (κ1) is 24.3. The Morgan fingerprint density at radius 2 is 1.79 bits per heavy atom. The van der Waals surface area contributed by atoms with Crippen LogP contribution in [0.15, 0.2) is 48.5 Å². The number of aliphatic hydroxyl groups is 1. The van der Waals surface area contributed by atoms with Gasteiger partial charge in [0, 0.05) is 25.7 Å². The number of nitrogens with one attached hydrogen (secondary N) is 1. The monoisotopic (exact) mass is 453 g/mol. The van der Waals surface area contributed by atoms with E-state index in [2.05, 4.69) is 10.2 Å². The number of para-hydroxylation sites is 1. The van der Waals surface area contributed by atoms with Crippen LogP contribution in [0.5, 0.6) is 11.5 Å². The molecule has 0 aliphatic rings. The number of ether oxygens (including phenoxy) is 2. The number of nitrogens with zero attached hydrogens (tertiary/aromatic N) is 2. The van der Waals surface area contributed by atoms with E-state index in [1.54, 1.807) is 16.7 Å². The lowest BCUT2D eigenvalue weighted by molar-refractivity contribution is -0.131. The van der Waals surface area contributed by atoms with Crippen molar-refractivity contribution in [3.05, 3.63) is 54.2 Å². The van der Waals surface area contributed by atoms with Gasteiger partial charge in [-0.05, 0) is 37.4 Å². The average molecular weight is 454 g/mol. The maximum Gasteiger partial charge on any atom is 0.308 e. The third-order valence-corrected chi connectivity index (χ3v) is 5.46. The number of aromatic nitrogens is 1. The fourth-order valence-corrected chi connectivity index (χ4v) is 3.90. The van der Waals surface area contributed by atoms with Crippen molar-refractivity contribution in [1.82, 2.24) is 14.8 Å². The fourth-order valence-electron chi connectivity index (χ4n) is 3.90. The van der Waals surface area contributed by atoms with E-state index in [1.165, 1.54) is 14.0 Å². The molecule has 2 N–H and O–H groups in total. The van der Waals surface area contributed by atoms with Crippen LogP contribution in [0.4, 0.5) is 0 Å². The molecule has 33 heavy (non-hydrogen) atoms. The highest BCUT2D eigenvalue weighted by molar-refractivity contribution is 6.07. The third-order valence-electron chi connectivity index (χ3n) is 5.46. The number of likely N-dealkylation sites (N-methyl/N-ethyl adjacent to an activating group) is 1. The Hall–Kier alpha value is -3.36. The van der Waals surface area contributed by atoms with Crippen molar-refractivity contribution < 1.29 is 24.2 Å². The first-order chi connectivity index (χ1) is 15.9. The van der Waals surface area contributed by atoms with E-state index in [0.717, 1.165) is 18.8 Å². The van der Waals surface area contributed by atoms with Crippen molar-refractivity contribution in [3.63, 3.8) is 0 Å². The Bertz CT molecular complexity index is 1110. The van der Waals surface area contributed by atoms with Gasteiger partial charge in [0.1, 0.15) is 5.75 Å². The molecule has 176 valence electrons. The van der Waals surface area contributed by atoms with E-state index >= 15 is 0 Å². The summed E-state index contributed by atoms with van der Waals surface area (Å²) in [6.45, 7) is 7.56. The van der Waals surface area contributed by atoms with E-state index in [9.17, 15) is 14.7 Å². The van der Waals surface area contributed by atoms with Gasteiger partial charge in [0.15, 0.2) is 11.4 Å². The van der Waals surface area contributed by atoms with Gasteiger partial charge < -0.3 is 29.4 Å². The summed E-state index contributed by atoms with van der Waals surface area (Å²) in [5.74, 6) is -0.273. The molecule has 0 aliphatic heterocycles. The van der Waals surface area contributed by atoms with E-state index in [1.807, 2.05) is 50.2 Å². The lowest BCUT2D eigenvalue weighted by Gasteiger charge is -2.22. The van der Waals surface area contributed by atoms with Gasteiger partial charge in [-0.25, -0.2) is 0 Å². The number of esters is 1. The van der Waals surface area contributed by atoms with Crippen LogP contribution in [0.3, 0.4) is 0 Å². The molecule has 3 rings (SSSR count). The van der Waals surface area contributed by atoms with Gasteiger partial charge in [-0.1, -0.05) is 38.1 Å². The van der Waals surface area contributed by atoms with Gasteiger partial charge in [-0.3, -0.25) is 9.59 Å². The summed E-state index contributed by atoms with van der Waals surface area (Å²) < 4.78 is 12.8. The summed E-state index contributed by atoms with van der Waals surface area (Å²) in [5.41, 5.74) is 1.67. The number of aliphatic hydroxyl groups excluding tert-OH is 1. The Labute approximate surface area is 193 Å². The first-order valence-electron chi connectivity index (χ1n) is 11.0. The molecule has 0 radical (unpaired) electrons. The van der Waals surface area contributed by atoms with Crippen LogP contribution in [-0.2, 0) is 4.79 Å². The Morgan fingerprint density at radius 1 is 1.09 bits per heavy atom. The molecule has 0 saturated heterocycles. The van der Waals surface area contributed by atoms with Crippen LogP contribution in [0, 0.1) is 0 Å². The Balaban J connectivity index is 2.07. The Morgan fingerprint density at radius 3 is 2.39 bits per heavy atom. The Kier molecular flexibility index (Phi) is 8.08. The number of carbonyl (C=O) groups excluding carboxylic acids is 2. The van der Waals surface area contributed by atoms with Crippen molar-refractivity contribution >= 4 is 22.8 Å². The maximum absolute atomic E-state index is 13.4. The summed E-state index contributed by atoms with van der Waals surface area (Å²) in [7, 11) is 1.47. The average Bonchev–Trinajstić information content (AvgIpc) is 3.16. The largest absolute Gasteiger partial charge is 0.493 e. The van der Waals surface area contributed by atoms with Gasteiger partial charge in [-0.2, -0.15) is 0 Å². The third kappa shape index (κ3) is 5.35. The molecule has 1 amide bonds. The molecule has 2 aromatic carbocycles. The molecule has 0 fully saturated rings. The highest BCUT2D eigenvalue weighted by Gasteiger charge is 2.27.